The Hall–Kier alpha value is -0.660. The Labute approximate surface area is 77.6 Å². The van der Waals surface area contributed by atoms with Crippen LogP contribution in [0.3, 0.4) is 0 Å². The Morgan fingerprint density at radius 3 is 2.31 bits per heavy atom. The predicted molar refractivity (Wildman–Crippen MR) is 47.3 cm³/mol. The number of carbonyl (C=O) groups is 1. The second-order valence-electron chi connectivity index (χ2n) is 2.36. The van der Waals surface area contributed by atoms with E-state index in [1.54, 1.807) is 6.92 Å². The van der Waals surface area contributed by atoms with Gasteiger partial charge in [0.05, 0.1) is 0 Å². The van der Waals surface area contributed by atoms with Gasteiger partial charge in [0.15, 0.2) is 0 Å². The lowest BCUT2D eigenvalue weighted by atomic mass is 10.5. The Morgan fingerprint density at radius 2 is 2.00 bits per heavy atom. The molecule has 0 rings (SSSR count). The molecule has 1 unspecified atom stereocenters. The van der Waals surface area contributed by atoms with E-state index < -0.39 is 21.3 Å². The SMILES string of the molecule is CCC(=O)OCC(C)S(=O)(=O)O.N. The summed E-state index contributed by atoms with van der Waals surface area (Å²) in [7, 11) is -4.08. The van der Waals surface area contributed by atoms with Crippen LogP contribution in [0.2, 0.25) is 0 Å². The van der Waals surface area contributed by atoms with E-state index in [0.717, 1.165) is 0 Å². The van der Waals surface area contributed by atoms with Gasteiger partial charge in [0, 0.05) is 6.42 Å². The molecule has 0 heterocycles. The third-order valence-electron chi connectivity index (χ3n) is 1.28. The maximum absolute atomic E-state index is 10.5. The second-order valence-corrected chi connectivity index (χ2v) is 4.20. The quantitative estimate of drug-likeness (QED) is 0.515. The maximum atomic E-state index is 10.5. The highest BCUT2D eigenvalue weighted by atomic mass is 32.2. The molecule has 0 aromatic rings. The third kappa shape index (κ3) is 6.50. The van der Waals surface area contributed by atoms with Gasteiger partial charge in [0.25, 0.3) is 10.1 Å². The molecule has 1 atom stereocenters. The van der Waals surface area contributed by atoms with Crippen molar-refractivity contribution in [2.45, 2.75) is 25.5 Å². The van der Waals surface area contributed by atoms with Crippen LogP contribution >= 0.6 is 0 Å². The summed E-state index contributed by atoms with van der Waals surface area (Å²) < 4.78 is 33.7. The van der Waals surface area contributed by atoms with E-state index >= 15 is 0 Å². The van der Waals surface area contributed by atoms with Gasteiger partial charge in [0.2, 0.25) is 0 Å². The zero-order chi connectivity index (χ0) is 9.78. The Balaban J connectivity index is 0. The molecule has 0 aromatic heterocycles. The monoisotopic (exact) mass is 213 g/mol. The summed E-state index contributed by atoms with van der Waals surface area (Å²) in [5.41, 5.74) is 0. The molecule has 0 aliphatic heterocycles. The first-order valence-electron chi connectivity index (χ1n) is 3.49. The van der Waals surface area contributed by atoms with E-state index in [1.165, 1.54) is 6.92 Å². The van der Waals surface area contributed by atoms with Crippen LogP contribution in [-0.4, -0.2) is 30.8 Å². The number of esters is 1. The summed E-state index contributed by atoms with van der Waals surface area (Å²) in [6.07, 6.45) is 0.193. The van der Waals surface area contributed by atoms with E-state index in [-0.39, 0.29) is 19.2 Å². The second kappa shape index (κ2) is 5.90. The normalized spacial score (nSPS) is 12.8. The van der Waals surface area contributed by atoms with Crippen molar-refractivity contribution >= 4 is 16.1 Å². The van der Waals surface area contributed by atoms with E-state index in [1.807, 2.05) is 0 Å². The Bertz CT molecular complexity index is 248. The fraction of sp³-hybridized carbons (Fsp3) is 0.833. The zero-order valence-electron chi connectivity index (χ0n) is 7.69. The van der Waals surface area contributed by atoms with E-state index in [0.29, 0.717) is 0 Å². The molecule has 0 aliphatic rings. The van der Waals surface area contributed by atoms with Crippen molar-refractivity contribution in [3.63, 3.8) is 0 Å². The molecule has 7 heteroatoms. The first kappa shape index (κ1) is 14.8. The van der Waals surface area contributed by atoms with Gasteiger partial charge in [-0.05, 0) is 6.92 Å². The smallest absolute Gasteiger partial charge is 0.305 e. The van der Waals surface area contributed by atoms with Crippen LogP contribution < -0.4 is 6.15 Å². The molecule has 0 saturated heterocycles. The molecule has 0 spiro atoms. The fourth-order valence-corrected chi connectivity index (χ4v) is 0.638. The number of carbonyl (C=O) groups excluding carboxylic acids is 1. The van der Waals surface area contributed by atoms with Crippen LogP contribution in [0.25, 0.3) is 0 Å². The average molecular weight is 213 g/mol. The highest BCUT2D eigenvalue weighted by Gasteiger charge is 2.18. The maximum Gasteiger partial charge on any atom is 0.305 e. The summed E-state index contributed by atoms with van der Waals surface area (Å²) in [6, 6.07) is 0. The highest BCUT2D eigenvalue weighted by Crippen LogP contribution is 1.98. The van der Waals surface area contributed by atoms with Crippen molar-refractivity contribution in [1.82, 2.24) is 6.15 Å². The minimum Gasteiger partial charge on any atom is -0.464 e. The van der Waals surface area contributed by atoms with Crippen molar-refractivity contribution in [2.24, 2.45) is 0 Å². The van der Waals surface area contributed by atoms with Crippen LogP contribution in [-0.2, 0) is 19.6 Å². The van der Waals surface area contributed by atoms with Crippen molar-refractivity contribution in [3.8, 4) is 0 Å². The van der Waals surface area contributed by atoms with Crippen LogP contribution in [0.5, 0.6) is 0 Å². The third-order valence-corrected chi connectivity index (χ3v) is 2.43. The standard InChI is InChI=1S/C6H12O5S.H3N/c1-3-6(7)11-4-5(2)12(8,9)10;/h5H,3-4H2,1-2H3,(H,8,9,10);1H3. The van der Waals surface area contributed by atoms with Gasteiger partial charge < -0.3 is 10.9 Å². The minimum atomic E-state index is -4.08. The Morgan fingerprint density at radius 1 is 1.54 bits per heavy atom. The van der Waals surface area contributed by atoms with Gasteiger partial charge in [-0.1, -0.05) is 6.92 Å². The Kier molecular flexibility index (Phi) is 6.73. The zero-order valence-corrected chi connectivity index (χ0v) is 8.50. The first-order chi connectivity index (χ1) is 5.38. The van der Waals surface area contributed by atoms with Crippen molar-refractivity contribution in [1.29, 1.82) is 0 Å². The van der Waals surface area contributed by atoms with Crippen LogP contribution in [0.4, 0.5) is 0 Å². The van der Waals surface area contributed by atoms with Gasteiger partial charge in [-0.2, -0.15) is 8.42 Å². The van der Waals surface area contributed by atoms with Gasteiger partial charge in [-0.3, -0.25) is 9.35 Å². The molecule has 80 valence electrons. The van der Waals surface area contributed by atoms with Crippen LogP contribution in [0.1, 0.15) is 20.3 Å². The lowest BCUT2D eigenvalue weighted by molar-refractivity contribution is -0.143. The number of hydrogen-bond donors (Lipinski definition) is 2. The van der Waals surface area contributed by atoms with Crippen molar-refractivity contribution in [2.75, 3.05) is 6.61 Å². The largest absolute Gasteiger partial charge is 0.464 e. The average Bonchev–Trinajstić information content (AvgIpc) is 1.97. The molecule has 0 bridgehead atoms. The van der Waals surface area contributed by atoms with Gasteiger partial charge in [-0.15, -0.1) is 0 Å². The van der Waals surface area contributed by atoms with Gasteiger partial charge >= 0.3 is 5.97 Å². The molecule has 0 saturated carbocycles. The fourth-order valence-electron chi connectivity index (χ4n) is 0.398. The van der Waals surface area contributed by atoms with Crippen molar-refractivity contribution < 1.29 is 22.5 Å². The lowest BCUT2D eigenvalue weighted by Crippen LogP contribution is -2.24. The van der Waals surface area contributed by atoms with Crippen LogP contribution in [0.15, 0.2) is 0 Å². The van der Waals surface area contributed by atoms with Crippen molar-refractivity contribution in [3.05, 3.63) is 0 Å². The molecular weight excluding hydrogens is 198 g/mol. The number of rotatable bonds is 4. The minimum absolute atomic E-state index is 0. The summed E-state index contributed by atoms with van der Waals surface area (Å²) >= 11 is 0. The first-order valence-corrected chi connectivity index (χ1v) is 5.00. The molecule has 4 N–H and O–H groups in total. The summed E-state index contributed by atoms with van der Waals surface area (Å²) in [6.45, 7) is 2.56. The number of ether oxygens (including phenoxy) is 1. The lowest BCUT2D eigenvalue weighted by Gasteiger charge is -2.07. The summed E-state index contributed by atoms with van der Waals surface area (Å²) in [4.78, 5) is 10.5. The van der Waals surface area contributed by atoms with E-state index in [2.05, 4.69) is 4.74 Å². The van der Waals surface area contributed by atoms with Gasteiger partial charge in [0.1, 0.15) is 11.9 Å². The van der Waals surface area contributed by atoms with E-state index in [4.69, 9.17) is 4.55 Å². The molecule has 0 radical (unpaired) electrons. The topological polar surface area (TPSA) is 116 Å². The molecule has 0 aromatic carbocycles. The van der Waals surface area contributed by atoms with Gasteiger partial charge in [-0.25, -0.2) is 0 Å². The number of hydrogen-bond acceptors (Lipinski definition) is 5. The molecule has 6 nitrogen and oxygen atoms in total. The summed E-state index contributed by atoms with van der Waals surface area (Å²) in [5.74, 6) is -0.481. The molecule has 0 fully saturated rings. The van der Waals surface area contributed by atoms with E-state index in [9.17, 15) is 13.2 Å². The molecular formula is C6H15NO5S. The highest BCUT2D eigenvalue weighted by molar-refractivity contribution is 7.86. The molecule has 0 aliphatic carbocycles. The molecule has 13 heavy (non-hydrogen) atoms. The summed E-state index contributed by atoms with van der Waals surface area (Å²) in [5, 5.41) is -1.06. The molecule has 0 amide bonds. The predicted octanol–water partition coefficient (Wildman–Crippen LogP) is 0.378. The van der Waals surface area contributed by atoms with Crippen LogP contribution in [0, 0.1) is 0 Å².